The van der Waals surface area contributed by atoms with Crippen LogP contribution in [0.25, 0.3) is 0 Å². The van der Waals surface area contributed by atoms with Crippen LogP contribution in [-0.2, 0) is 0 Å². The smallest absolute Gasteiger partial charge is 0.0333 e. The van der Waals surface area contributed by atoms with Crippen molar-refractivity contribution in [2.75, 3.05) is 0 Å². The second-order valence-corrected chi connectivity index (χ2v) is 7.40. The molecule has 0 aromatic carbocycles. The molecule has 0 saturated heterocycles. The molecule has 0 bridgehead atoms. The molecular formula is C3H3Si3. The van der Waals surface area contributed by atoms with Gasteiger partial charge in [0.25, 0.3) is 0 Å². The molecule has 0 N–H and O–H groups in total. The third-order valence-electron chi connectivity index (χ3n) is 0.542. The Kier molecular flexibility index (Phi) is 1.33. The Bertz CT molecular complexity index is 108. The van der Waals surface area contributed by atoms with Crippen molar-refractivity contribution in [2.45, 2.75) is 0 Å². The average Bonchev–Trinajstić information content (AvgIpc) is 1.86. The fraction of sp³-hybridized carbons (Fsp3) is 0. The molecule has 0 nitrogen and oxygen atoms in total. The Morgan fingerprint density at radius 3 is 2.67 bits per heavy atom. The zero-order chi connectivity index (χ0) is 4.41. The summed E-state index contributed by atoms with van der Waals surface area (Å²) in [4.78, 5) is 0. The standard InChI is InChI=1S/C3H3Si3/c1-3-2-4-6-5-3/h2H,1H2. The van der Waals surface area contributed by atoms with Gasteiger partial charge in [-0.1, -0.05) is 17.4 Å². The van der Waals surface area contributed by atoms with Crippen LogP contribution in [0.4, 0.5) is 0 Å². The molecular weight excluding hydrogens is 120 g/mol. The van der Waals surface area contributed by atoms with Crippen molar-refractivity contribution in [2.24, 2.45) is 0 Å². The third kappa shape index (κ3) is 0.859. The lowest BCUT2D eigenvalue weighted by molar-refractivity contribution is 2.37. The lowest BCUT2D eigenvalue weighted by atomic mass is 10.7. The molecule has 6 heavy (non-hydrogen) atoms. The highest BCUT2D eigenvalue weighted by Crippen LogP contribution is 1.73. The topological polar surface area (TPSA) is 0 Å². The van der Waals surface area contributed by atoms with Gasteiger partial charge in [-0.05, 0) is 0 Å². The highest BCUT2D eigenvalue weighted by atomic mass is 29.3. The normalized spacial score (nSPS) is 17.0. The quantitative estimate of drug-likeness (QED) is 0.372. The van der Waals surface area contributed by atoms with Crippen LogP contribution in [0.1, 0.15) is 0 Å². The molecule has 27 valence electrons. The maximum absolute atomic E-state index is 3.82. The van der Waals surface area contributed by atoms with Gasteiger partial charge in [0.05, 0.1) is 0 Å². The Hall–Kier alpha value is 0.261. The first kappa shape index (κ1) is 4.42. The lowest BCUT2D eigenvalue weighted by Gasteiger charge is -1.70. The minimum absolute atomic E-state index is 1.07. The van der Waals surface area contributed by atoms with Gasteiger partial charge < -0.3 is 0 Å². The number of hydrogen-bond donors (Lipinski definition) is 0. The molecule has 1 aliphatic rings. The first-order valence-corrected chi connectivity index (χ1v) is 6.76. The molecule has 1 rings (SSSR count). The van der Waals surface area contributed by atoms with E-state index in [0.717, 1.165) is 17.3 Å². The minimum Gasteiger partial charge on any atom is -0.0970 e. The molecule has 0 unspecified atom stereocenters. The van der Waals surface area contributed by atoms with Gasteiger partial charge in [0.1, 0.15) is 0 Å². The molecule has 1 aliphatic heterocycles. The first-order chi connectivity index (χ1) is 2.89. The number of hydrogen-bond acceptors (Lipinski definition) is 0. The van der Waals surface area contributed by atoms with E-state index in [4.69, 9.17) is 0 Å². The molecule has 0 atom stereocenters. The average molecular weight is 123 g/mol. The summed E-state index contributed by atoms with van der Waals surface area (Å²) in [7, 11) is 3.37. The zero-order valence-electron chi connectivity index (χ0n) is 3.28. The van der Waals surface area contributed by atoms with Crippen molar-refractivity contribution < 1.29 is 0 Å². The summed E-state index contributed by atoms with van der Waals surface area (Å²) >= 11 is 0. The summed E-state index contributed by atoms with van der Waals surface area (Å²) in [5, 5.41) is 1.38. The summed E-state index contributed by atoms with van der Waals surface area (Å²) in [6.45, 7) is 3.82. The predicted molar refractivity (Wildman–Crippen MR) is 32.5 cm³/mol. The van der Waals surface area contributed by atoms with Gasteiger partial charge in [-0.3, -0.25) is 0 Å². The molecule has 0 saturated carbocycles. The van der Waals surface area contributed by atoms with Gasteiger partial charge in [-0.2, -0.15) is 0 Å². The van der Waals surface area contributed by atoms with Gasteiger partial charge in [-0.25, -0.2) is 0 Å². The molecule has 0 fully saturated rings. The summed E-state index contributed by atoms with van der Waals surface area (Å²) < 4.78 is 0. The lowest BCUT2D eigenvalue weighted by Crippen LogP contribution is -1.76. The highest BCUT2D eigenvalue weighted by molar-refractivity contribution is 7.19. The van der Waals surface area contributed by atoms with E-state index in [1.807, 2.05) is 0 Å². The molecule has 0 amide bonds. The van der Waals surface area contributed by atoms with Gasteiger partial charge in [0.15, 0.2) is 0 Å². The Morgan fingerprint density at radius 2 is 2.50 bits per heavy atom. The van der Waals surface area contributed by atoms with Crippen LogP contribution >= 0.6 is 0 Å². The van der Waals surface area contributed by atoms with Crippen LogP contribution in [0, 0.1) is 0 Å². The SMILES string of the molecule is C=C1C=[Si][Si]=[Si]1. The van der Waals surface area contributed by atoms with E-state index in [0.29, 0.717) is 0 Å². The molecule has 0 aromatic heterocycles. The Labute approximate surface area is 43.5 Å². The second kappa shape index (κ2) is 1.81. The zero-order valence-corrected chi connectivity index (χ0v) is 6.28. The Morgan fingerprint density at radius 1 is 1.67 bits per heavy atom. The molecule has 0 aromatic rings. The monoisotopic (exact) mass is 123 g/mol. The van der Waals surface area contributed by atoms with Gasteiger partial charge in [0.2, 0.25) is 0 Å². The fourth-order valence-corrected chi connectivity index (χ4v) is 6.52. The van der Waals surface area contributed by atoms with Crippen molar-refractivity contribution in [3.63, 3.8) is 0 Å². The largest absolute Gasteiger partial charge is 0.0970 e. The predicted octanol–water partition coefficient (Wildman–Crippen LogP) is -0.742. The van der Waals surface area contributed by atoms with Gasteiger partial charge in [-0.15, -0.1) is 0 Å². The maximum Gasteiger partial charge on any atom is 0.0333 e. The van der Waals surface area contributed by atoms with E-state index in [9.17, 15) is 0 Å². The summed E-state index contributed by atoms with van der Waals surface area (Å²) in [5.41, 5.74) is 2.26. The van der Waals surface area contributed by atoms with E-state index < -0.39 is 0 Å². The van der Waals surface area contributed by atoms with Crippen LogP contribution in [0.3, 0.4) is 0 Å². The van der Waals surface area contributed by atoms with Crippen LogP contribution in [0.5, 0.6) is 0 Å². The summed E-state index contributed by atoms with van der Waals surface area (Å²) in [6, 6.07) is 0. The van der Waals surface area contributed by atoms with E-state index >= 15 is 0 Å². The Balaban J connectivity index is 2.86. The minimum atomic E-state index is 1.07. The summed E-state index contributed by atoms with van der Waals surface area (Å²) in [5.74, 6) is 0. The van der Waals surface area contributed by atoms with Crippen LogP contribution in [0.2, 0.25) is 0 Å². The van der Waals surface area contributed by atoms with Gasteiger partial charge in [0, 0.05) is 25.4 Å². The van der Waals surface area contributed by atoms with E-state index in [-0.39, 0.29) is 0 Å². The van der Waals surface area contributed by atoms with Crippen LogP contribution < -0.4 is 0 Å². The van der Waals surface area contributed by atoms with Gasteiger partial charge >= 0.3 is 0 Å². The second-order valence-electron chi connectivity index (χ2n) is 1.06. The highest BCUT2D eigenvalue weighted by Gasteiger charge is 1.83. The van der Waals surface area contributed by atoms with E-state index in [1.165, 1.54) is 13.3 Å². The van der Waals surface area contributed by atoms with Crippen molar-refractivity contribution in [3.05, 3.63) is 11.8 Å². The first-order valence-electron chi connectivity index (χ1n) is 1.68. The van der Waals surface area contributed by atoms with Crippen molar-refractivity contribution in [1.29, 1.82) is 0 Å². The van der Waals surface area contributed by atoms with Crippen LogP contribution in [-0.4, -0.2) is 31.1 Å². The van der Waals surface area contributed by atoms with Crippen molar-refractivity contribution in [1.82, 2.24) is 0 Å². The van der Waals surface area contributed by atoms with E-state index in [1.54, 1.807) is 0 Å². The third-order valence-corrected chi connectivity index (χ3v) is 6.69. The van der Waals surface area contributed by atoms with Crippen molar-refractivity contribution >= 4 is 31.1 Å². The van der Waals surface area contributed by atoms with E-state index in [2.05, 4.69) is 12.3 Å². The van der Waals surface area contributed by atoms with Crippen LogP contribution in [0.15, 0.2) is 11.8 Å². The molecule has 3 heteroatoms. The molecule has 3 radical (unpaired) electrons. The molecule has 0 aliphatic carbocycles. The summed E-state index contributed by atoms with van der Waals surface area (Å²) in [6.07, 6.45) is 0. The van der Waals surface area contributed by atoms with Crippen molar-refractivity contribution in [3.8, 4) is 0 Å². The maximum atomic E-state index is 3.82. The fourth-order valence-electron chi connectivity index (χ4n) is 0.276. The number of rotatable bonds is 0. The number of allylic oxidation sites excluding steroid dienone is 1. The molecule has 0 spiro atoms. The molecule has 1 heterocycles.